The molecule has 14 heteroatoms. The molecule has 2 fully saturated rings. The first-order valence-electron chi connectivity index (χ1n) is 12.7. The SMILES string of the molecule is C[C@@H](NC(=O)C1C=CC2=C(N1)N(C(=O)Nc1cc(OC[C@@H]3COC(C)(C)O3)ccn1)[C@H]1CCN2C1)C(F)(F)F. The molecule has 0 spiro atoms. The van der Waals surface area contributed by atoms with Crippen molar-refractivity contribution in [3.05, 3.63) is 42.0 Å². The number of hydrogen-bond acceptors (Lipinski definition) is 8. The number of allylic oxidation sites excluding steroid dienone is 1. The number of nitrogens with one attached hydrogen (secondary N) is 3. The molecule has 39 heavy (non-hydrogen) atoms. The molecule has 0 saturated carbocycles. The molecule has 4 aliphatic heterocycles. The Hall–Kier alpha value is -3.52. The lowest BCUT2D eigenvalue weighted by atomic mass is 10.1. The minimum atomic E-state index is -4.57. The van der Waals surface area contributed by atoms with Crippen LogP contribution in [0, 0.1) is 0 Å². The van der Waals surface area contributed by atoms with E-state index in [1.807, 2.05) is 19.2 Å². The van der Waals surface area contributed by atoms with E-state index >= 15 is 0 Å². The molecular weight excluding hydrogens is 521 g/mol. The van der Waals surface area contributed by atoms with Gasteiger partial charge >= 0.3 is 12.2 Å². The number of ether oxygens (including phenoxy) is 3. The number of pyridine rings is 1. The molecule has 1 unspecified atom stereocenters. The van der Waals surface area contributed by atoms with Crippen molar-refractivity contribution in [2.45, 2.75) is 63.4 Å². The first-order valence-corrected chi connectivity index (χ1v) is 12.7. The third kappa shape index (κ3) is 5.91. The zero-order valence-electron chi connectivity index (χ0n) is 21.7. The summed E-state index contributed by atoms with van der Waals surface area (Å²) < 4.78 is 56.0. The highest BCUT2D eigenvalue weighted by atomic mass is 19.4. The summed E-state index contributed by atoms with van der Waals surface area (Å²) in [5.41, 5.74) is 0.693. The van der Waals surface area contributed by atoms with Crippen molar-refractivity contribution < 1.29 is 37.0 Å². The lowest BCUT2D eigenvalue weighted by Crippen LogP contribution is -2.57. The van der Waals surface area contributed by atoms with Gasteiger partial charge in [-0.2, -0.15) is 13.2 Å². The van der Waals surface area contributed by atoms with E-state index in [0.29, 0.717) is 43.4 Å². The van der Waals surface area contributed by atoms with Crippen LogP contribution >= 0.6 is 0 Å². The summed E-state index contributed by atoms with van der Waals surface area (Å²) in [7, 11) is 0. The number of dihydropyridines is 1. The summed E-state index contributed by atoms with van der Waals surface area (Å²) in [6.45, 7) is 6.49. The number of urea groups is 1. The van der Waals surface area contributed by atoms with Gasteiger partial charge in [-0.1, -0.05) is 6.08 Å². The molecule has 0 radical (unpaired) electrons. The summed E-state index contributed by atoms with van der Waals surface area (Å²) >= 11 is 0. The van der Waals surface area contributed by atoms with Gasteiger partial charge < -0.3 is 29.7 Å². The molecule has 3 amide bonds. The van der Waals surface area contributed by atoms with Gasteiger partial charge in [0.25, 0.3) is 0 Å². The van der Waals surface area contributed by atoms with Crippen LogP contribution in [0.4, 0.5) is 23.8 Å². The van der Waals surface area contributed by atoms with Crippen molar-refractivity contribution >= 4 is 17.8 Å². The molecule has 212 valence electrons. The number of fused-ring (bicyclic) bond motifs is 3. The van der Waals surface area contributed by atoms with Gasteiger partial charge in [-0.05, 0) is 39.3 Å². The monoisotopic (exact) mass is 552 g/mol. The Bertz CT molecular complexity index is 1190. The van der Waals surface area contributed by atoms with Gasteiger partial charge in [-0.25, -0.2) is 9.78 Å². The highest BCUT2D eigenvalue weighted by Gasteiger charge is 2.44. The van der Waals surface area contributed by atoms with Crippen molar-refractivity contribution in [2.75, 3.05) is 31.6 Å². The second-order valence-electron chi connectivity index (χ2n) is 10.3. The quantitative estimate of drug-likeness (QED) is 0.493. The highest BCUT2D eigenvalue weighted by molar-refractivity contribution is 5.91. The molecule has 2 saturated heterocycles. The average Bonchev–Trinajstić information content (AvgIpc) is 3.45. The summed E-state index contributed by atoms with van der Waals surface area (Å²) in [5.74, 6) is -0.418. The van der Waals surface area contributed by atoms with Crippen LogP contribution in [-0.4, -0.2) is 89.2 Å². The molecule has 5 rings (SSSR count). The summed E-state index contributed by atoms with van der Waals surface area (Å²) in [5, 5.41) is 7.72. The van der Waals surface area contributed by atoms with Crippen molar-refractivity contribution in [1.82, 2.24) is 25.4 Å². The van der Waals surface area contributed by atoms with Crippen LogP contribution in [0.2, 0.25) is 0 Å². The van der Waals surface area contributed by atoms with Crippen LogP contribution in [0.15, 0.2) is 42.0 Å². The number of nitrogens with zero attached hydrogens (tertiary/aromatic N) is 3. The van der Waals surface area contributed by atoms with E-state index in [9.17, 15) is 22.8 Å². The number of halogens is 3. The highest BCUT2D eigenvalue weighted by Crippen LogP contribution is 2.34. The maximum Gasteiger partial charge on any atom is 0.408 e. The van der Waals surface area contributed by atoms with E-state index in [4.69, 9.17) is 14.2 Å². The summed E-state index contributed by atoms with van der Waals surface area (Å²) in [6, 6.07) is -0.528. The van der Waals surface area contributed by atoms with E-state index < -0.39 is 36.0 Å². The second-order valence-corrected chi connectivity index (χ2v) is 10.3. The normalized spacial score (nSPS) is 26.2. The fraction of sp³-hybridized carbons (Fsp3) is 0.560. The number of aromatic nitrogens is 1. The second kappa shape index (κ2) is 10.2. The zero-order chi connectivity index (χ0) is 27.9. The Balaban J connectivity index is 1.26. The predicted octanol–water partition coefficient (Wildman–Crippen LogP) is 2.30. The predicted molar refractivity (Wildman–Crippen MR) is 132 cm³/mol. The van der Waals surface area contributed by atoms with Crippen LogP contribution < -0.4 is 20.7 Å². The maximum absolute atomic E-state index is 13.5. The number of carbonyl (C=O) groups excluding carboxylic acids is 2. The molecule has 11 nitrogen and oxygen atoms in total. The van der Waals surface area contributed by atoms with Gasteiger partial charge in [0.2, 0.25) is 5.91 Å². The molecule has 4 atom stereocenters. The number of anilines is 1. The Morgan fingerprint density at radius 3 is 2.87 bits per heavy atom. The van der Waals surface area contributed by atoms with E-state index in [1.165, 1.54) is 17.2 Å². The Morgan fingerprint density at radius 1 is 1.36 bits per heavy atom. The lowest BCUT2D eigenvalue weighted by Gasteiger charge is -2.41. The van der Waals surface area contributed by atoms with E-state index in [0.717, 1.165) is 6.92 Å². The number of alkyl halides is 3. The molecule has 1 aromatic heterocycles. The number of amides is 3. The van der Waals surface area contributed by atoms with Crippen molar-refractivity contribution in [1.29, 1.82) is 0 Å². The van der Waals surface area contributed by atoms with Crippen LogP contribution in [-0.2, 0) is 14.3 Å². The van der Waals surface area contributed by atoms with Gasteiger partial charge in [-0.15, -0.1) is 0 Å². The largest absolute Gasteiger partial charge is 0.491 e. The minimum absolute atomic E-state index is 0.192. The Labute approximate surface area is 223 Å². The fourth-order valence-electron chi connectivity index (χ4n) is 4.92. The zero-order valence-corrected chi connectivity index (χ0v) is 21.7. The van der Waals surface area contributed by atoms with Gasteiger partial charge in [0.1, 0.15) is 42.2 Å². The first-order chi connectivity index (χ1) is 18.4. The van der Waals surface area contributed by atoms with Crippen molar-refractivity contribution in [3.8, 4) is 5.75 Å². The third-order valence-corrected chi connectivity index (χ3v) is 6.91. The molecule has 3 N–H and O–H groups in total. The lowest BCUT2D eigenvalue weighted by molar-refractivity contribution is -0.158. The van der Waals surface area contributed by atoms with Crippen LogP contribution in [0.3, 0.4) is 0 Å². The van der Waals surface area contributed by atoms with Gasteiger partial charge in [0, 0.05) is 25.4 Å². The summed E-state index contributed by atoms with van der Waals surface area (Å²) in [6.07, 6.45) is 0.551. The van der Waals surface area contributed by atoms with E-state index in [-0.39, 0.29) is 24.6 Å². The number of carbonyl (C=O) groups is 2. The fourth-order valence-corrected chi connectivity index (χ4v) is 4.92. The molecule has 4 aliphatic rings. The third-order valence-electron chi connectivity index (χ3n) is 6.91. The summed E-state index contributed by atoms with van der Waals surface area (Å²) in [4.78, 5) is 33.9. The van der Waals surface area contributed by atoms with Crippen LogP contribution in [0.1, 0.15) is 27.2 Å². The number of hydrogen-bond donors (Lipinski definition) is 3. The average molecular weight is 553 g/mol. The van der Waals surface area contributed by atoms with Gasteiger partial charge in [-0.3, -0.25) is 15.0 Å². The van der Waals surface area contributed by atoms with E-state index in [2.05, 4.69) is 20.5 Å². The topological polar surface area (TPSA) is 117 Å². The number of rotatable bonds is 6. The molecular formula is C25H31F3N6O5. The first kappa shape index (κ1) is 27.1. The van der Waals surface area contributed by atoms with Gasteiger partial charge in [0.05, 0.1) is 18.3 Å². The molecule has 0 aromatic carbocycles. The molecule has 1 aromatic rings. The smallest absolute Gasteiger partial charge is 0.408 e. The van der Waals surface area contributed by atoms with Gasteiger partial charge in [0.15, 0.2) is 5.79 Å². The van der Waals surface area contributed by atoms with Crippen LogP contribution in [0.5, 0.6) is 5.75 Å². The van der Waals surface area contributed by atoms with Crippen molar-refractivity contribution in [2.24, 2.45) is 0 Å². The van der Waals surface area contributed by atoms with Crippen molar-refractivity contribution in [3.63, 3.8) is 0 Å². The van der Waals surface area contributed by atoms with Crippen LogP contribution in [0.25, 0.3) is 0 Å². The molecule has 5 heterocycles. The standard InChI is InChI=1S/C25H31F3N6O5/c1-14(25(26,27)28)30-22(35)18-4-5-19-21(31-18)34(15-7-9-33(19)11-15)23(36)32-20-10-16(6-8-29-20)37-12-17-13-38-24(2,3)39-17/h4-6,8,10,14-15,17-18,31H,7,9,11-13H2,1-3H3,(H,30,35)(H,29,32,36)/t14-,15+,17-,18?/m1/s1. The van der Waals surface area contributed by atoms with E-state index in [1.54, 1.807) is 18.2 Å². The molecule has 2 bridgehead atoms. The minimum Gasteiger partial charge on any atom is -0.491 e. The Kier molecular flexibility index (Phi) is 7.10. The maximum atomic E-state index is 13.5. The molecule has 0 aliphatic carbocycles. The Morgan fingerprint density at radius 2 is 2.15 bits per heavy atom.